The van der Waals surface area contributed by atoms with Gasteiger partial charge in [0.15, 0.2) is 31.4 Å². The summed E-state index contributed by atoms with van der Waals surface area (Å²) in [5, 5.41) is 15.8. The number of hydrogen-bond donors (Lipinski definition) is 4. The summed E-state index contributed by atoms with van der Waals surface area (Å²) in [7, 11) is 0. The Balaban J connectivity index is 0.000000182. The number of aromatic nitrogens is 11. The number of thiophene rings is 6. The minimum absolute atomic E-state index is 0. The van der Waals surface area contributed by atoms with Crippen molar-refractivity contribution in [3.8, 4) is 0 Å². The minimum atomic E-state index is -0.0485. The van der Waals surface area contributed by atoms with Crippen molar-refractivity contribution < 1.29 is 9.59 Å². The average molecular weight is 2180 g/mol. The van der Waals surface area contributed by atoms with E-state index in [1.165, 1.54) is 210 Å². The second-order valence-electron chi connectivity index (χ2n) is 33.5. The zero-order valence-electron chi connectivity index (χ0n) is 79.8. The first-order chi connectivity index (χ1) is 68.1. The van der Waals surface area contributed by atoms with Crippen LogP contribution in [0.2, 0.25) is 0 Å². The van der Waals surface area contributed by atoms with Crippen molar-refractivity contribution in [3.63, 3.8) is 0 Å². The highest BCUT2D eigenvalue weighted by molar-refractivity contribution is 7.98. The molecule has 4 aromatic carbocycles. The number of thiocarbonyl (C=S) groups is 2. The smallest absolute Gasteiger partial charge is 0.272 e. The summed E-state index contributed by atoms with van der Waals surface area (Å²) in [4.78, 5) is 109. The van der Waals surface area contributed by atoms with E-state index in [-0.39, 0.29) is 48.7 Å². The first-order valence-electron chi connectivity index (χ1n) is 45.3. The van der Waals surface area contributed by atoms with Gasteiger partial charge >= 0.3 is 0 Å². The largest absolute Gasteiger partial charge is 0.331 e. The van der Waals surface area contributed by atoms with Gasteiger partial charge in [0.2, 0.25) is 0 Å². The van der Waals surface area contributed by atoms with Crippen LogP contribution in [0.5, 0.6) is 0 Å². The molecule has 17 aromatic rings. The SMILES string of the molecule is C.C.CC(=O)c1sccc1N=CC=S.CC(=O)c1sccc1N=CC=S.Cc1ccc(C)c(CCl)c1.Cc1ccc(C)c(CCl)c1.Cc1ccc(C)c(CSc2nc3ccsc3c(=O)n2CC2CC2)c1.Cc1ccc(C)c(CSc2nc3ccsc3c(=O)n2Cc2cccnc2)c1.NCC1CC1.NCc1cccnc1.O=c1c2sccc2[nH]c(=S)n1CC1CC1.O=c1c2sccc2[nH]c(=S)n1Cc1cccnc1. The molecule has 6 N–H and O–H groups in total. The van der Waals surface area contributed by atoms with Crippen LogP contribution < -0.4 is 33.7 Å². The minimum Gasteiger partial charge on any atom is -0.331 e. The molecule has 0 spiro atoms. The highest BCUT2D eigenvalue weighted by Gasteiger charge is 2.27. The zero-order valence-corrected chi connectivity index (χ0v) is 91.1. The predicted octanol–water partition coefficient (Wildman–Crippen LogP) is 28.2. The van der Waals surface area contributed by atoms with E-state index in [0.29, 0.717) is 83.3 Å². The number of benzene rings is 4. The lowest BCUT2D eigenvalue weighted by atomic mass is 10.1. The molecule has 0 atom stereocenters. The molecule has 0 bridgehead atoms. The van der Waals surface area contributed by atoms with E-state index >= 15 is 0 Å². The second kappa shape index (κ2) is 59.3. The summed E-state index contributed by atoms with van der Waals surface area (Å²) in [5.41, 5.74) is 33.6. The van der Waals surface area contributed by atoms with Gasteiger partial charge in [-0.3, -0.25) is 72.0 Å². The molecule has 0 unspecified atom stereocenters. The van der Waals surface area contributed by atoms with Crippen LogP contribution in [-0.2, 0) is 56.0 Å². The lowest BCUT2D eigenvalue weighted by Crippen LogP contribution is -2.23. The molecule has 21 nitrogen and oxygen atoms in total. The number of nitrogens with zero attached hydrogens (tertiary/aromatic N) is 11. The van der Waals surface area contributed by atoms with Gasteiger partial charge in [-0.25, -0.2) is 9.97 Å². The number of halogens is 2. The first-order valence-corrected chi connectivity index (χ1v) is 55.4. The van der Waals surface area contributed by atoms with E-state index in [1.807, 2.05) is 97.5 Å². The van der Waals surface area contributed by atoms with Crippen molar-refractivity contribution in [1.29, 1.82) is 0 Å². The molecule has 0 radical (unpaired) electrons. The fourth-order valence-electron chi connectivity index (χ4n) is 13.6. The van der Waals surface area contributed by atoms with Gasteiger partial charge in [0.25, 0.3) is 22.2 Å². The Labute approximate surface area is 898 Å². The number of nitrogens with two attached hydrogens (primary N) is 2. The average Bonchev–Trinajstić information content (AvgIpc) is 1.67. The van der Waals surface area contributed by atoms with Crippen LogP contribution in [0, 0.1) is 82.7 Å². The maximum Gasteiger partial charge on any atom is 0.272 e. The Kier molecular flexibility index (Phi) is 48.1. The van der Waals surface area contributed by atoms with Crippen LogP contribution in [0.25, 0.3) is 40.9 Å². The molecule has 0 aliphatic heterocycles. The van der Waals surface area contributed by atoms with Gasteiger partial charge in [0.05, 0.1) is 56.3 Å². The number of nitrogens with one attached hydrogen (secondary N) is 2. The molecule has 20 rings (SSSR count). The topological polar surface area (TPSA) is 295 Å². The van der Waals surface area contributed by atoms with Gasteiger partial charge in [0, 0.05) is 117 Å². The van der Waals surface area contributed by atoms with Crippen LogP contribution in [0.1, 0.15) is 170 Å². The highest BCUT2D eigenvalue weighted by Crippen LogP contribution is 2.36. The summed E-state index contributed by atoms with van der Waals surface area (Å²) in [6, 6.07) is 48.4. The second-order valence-corrected chi connectivity index (χ2v) is 42.7. The molecule has 0 saturated heterocycles. The fraction of sp³-hybridized carbons (Fsp3) is 0.287. The Morgan fingerprint density at radius 3 is 1.14 bits per heavy atom. The van der Waals surface area contributed by atoms with Gasteiger partial charge in [-0.05, 0) is 291 Å². The molecule has 13 heterocycles. The van der Waals surface area contributed by atoms with Crippen molar-refractivity contribution in [3.05, 3.63) is 359 Å². The third kappa shape index (κ3) is 35.8. The van der Waals surface area contributed by atoms with Gasteiger partial charge < -0.3 is 21.4 Å². The van der Waals surface area contributed by atoms with Gasteiger partial charge in [0.1, 0.15) is 18.8 Å². The number of fused-ring (bicyclic) bond motifs is 4. The number of H-pyrrole nitrogens is 2. The Morgan fingerprint density at radius 2 is 0.783 bits per heavy atom. The molecule has 3 aliphatic carbocycles. The molecular weight excluding hydrogens is 2060 g/mol. The number of aromatic amines is 2. The number of carbonyl (C=O) groups is 2. The Morgan fingerprint density at radius 1 is 0.441 bits per heavy atom. The van der Waals surface area contributed by atoms with Crippen LogP contribution >= 0.6 is 164 Å². The van der Waals surface area contributed by atoms with Gasteiger partial charge in [-0.1, -0.05) is 176 Å². The Hall–Kier alpha value is -10.4. The molecule has 0 amide bonds. The maximum atomic E-state index is 13.0. The third-order valence-electron chi connectivity index (χ3n) is 22.1. The third-order valence-corrected chi connectivity index (χ3v) is 31.2. The molecule has 143 heavy (non-hydrogen) atoms. The molecule has 748 valence electrons. The van der Waals surface area contributed by atoms with E-state index in [1.54, 1.807) is 86.5 Å². The van der Waals surface area contributed by atoms with Gasteiger partial charge in [-0.15, -0.1) is 91.2 Å². The number of Topliss-reactive ketones (excluding diaryl/α,β-unsaturated/α-hetero) is 2. The van der Waals surface area contributed by atoms with Crippen LogP contribution in [-0.4, -0.2) is 94.4 Å². The normalized spacial score (nSPS) is 12.0. The monoisotopic (exact) mass is 2180 g/mol. The quantitative estimate of drug-likeness (QED) is 0.0109. The van der Waals surface area contributed by atoms with Crippen molar-refractivity contribution in [2.24, 2.45) is 39.2 Å². The van der Waals surface area contributed by atoms with E-state index in [9.17, 15) is 28.8 Å². The molecule has 3 saturated carbocycles. The summed E-state index contributed by atoms with van der Waals surface area (Å²) < 4.78 is 10.9. The first kappa shape index (κ1) is 116. The van der Waals surface area contributed by atoms with E-state index in [4.69, 9.17) is 69.1 Å². The van der Waals surface area contributed by atoms with Crippen molar-refractivity contribution in [2.75, 3.05) is 6.54 Å². The Bertz CT molecular complexity index is 7390. The molecule has 35 heteroatoms. The predicted molar refractivity (Wildman–Crippen MR) is 624 cm³/mol. The van der Waals surface area contributed by atoms with Crippen LogP contribution in [0.15, 0.2) is 255 Å². The zero-order chi connectivity index (χ0) is 101. The number of ketones is 2. The van der Waals surface area contributed by atoms with E-state index in [2.05, 4.69) is 188 Å². The number of aliphatic imine (C=N–C) groups is 2. The van der Waals surface area contributed by atoms with E-state index < -0.39 is 0 Å². The number of thioether (sulfide) groups is 2. The summed E-state index contributed by atoms with van der Waals surface area (Å²) in [6.45, 7) is 23.9. The maximum absolute atomic E-state index is 13.0. The van der Waals surface area contributed by atoms with Crippen LogP contribution in [0.3, 0.4) is 0 Å². The molecule has 3 fully saturated rings. The number of alkyl halides is 2. The number of pyridine rings is 3. The summed E-state index contributed by atoms with van der Waals surface area (Å²) >= 11 is 42.9. The highest BCUT2D eigenvalue weighted by atomic mass is 35.5. The number of carbonyl (C=O) groups excluding carboxylic acids is 2. The molecular formula is C108H119Cl2N15O6S12. The van der Waals surface area contributed by atoms with Crippen molar-refractivity contribution >= 4 is 251 Å². The lowest BCUT2D eigenvalue weighted by molar-refractivity contribution is 0.101. The number of hydrogen-bond acceptors (Lipinski definition) is 27. The number of rotatable bonds is 24. The summed E-state index contributed by atoms with van der Waals surface area (Å²) in [5.74, 6) is 5.18. The van der Waals surface area contributed by atoms with Crippen LogP contribution in [0.4, 0.5) is 11.4 Å². The standard InChI is InChI=1S/C21H19N3OS2.C19H20N2OS2.C12H9N3OS2.C10H10N2OS2.2C9H11Cl.2C8H7NOS2.C6H8N2.C4H9N.2CH4/c1-14-5-6-15(2)17(10-14)13-27-21-23-18-7-9-26-19(18)20(25)24(21)12-16-4-3-8-22-11-16;1-12-3-4-13(2)15(9-12)11-24-19-20-16-7-8-23-17(16)18(22)21(19)10-14-5-6-14;16-11-10-9(3-5-18-10)14-12(17)15(11)7-8-2-1-4-13-6-8;13-9-8-7(3-4-15-8)11-10(14)12(9)5-6-1-2-6;2*1-7-3-4-8(2)9(5-7)6-10;2*1-6(10)8-7(2-5-12-8)9-3-4-11;7-4-6-2-1-3-8-5-6;5-3-4-1-2-4;;/h3-11H,12-13H2,1-2H3;3-4,7-9,14H,5-6,10-11H2,1-2H3;1-6H,7H2,(H,14,17);3-4,6H,1-2,5H2,(H,11,14);2*3-5H,6H2,1-2H3;2*2-5H,1H3;1-3,5H,4,7H2;4H,1-3,5H2;2*1H4. The van der Waals surface area contributed by atoms with E-state index in [0.717, 1.165) is 95.5 Å². The van der Waals surface area contributed by atoms with Gasteiger partial charge in [-0.2, -0.15) is 0 Å². The number of aryl methyl sites for hydroxylation is 8. The van der Waals surface area contributed by atoms with Crippen molar-refractivity contribution in [1.82, 2.24) is 53.2 Å². The molecule has 13 aromatic heterocycles. The lowest BCUT2D eigenvalue weighted by Gasteiger charge is -2.13. The fourth-order valence-corrected chi connectivity index (χ4v) is 21.6. The van der Waals surface area contributed by atoms with Crippen molar-refractivity contribution in [2.45, 2.75) is 189 Å². The molecule has 3 aliphatic rings. The summed E-state index contributed by atoms with van der Waals surface area (Å²) in [6.07, 6.45) is 21.2.